The van der Waals surface area contributed by atoms with Gasteiger partial charge in [-0.15, -0.1) is 0 Å². The van der Waals surface area contributed by atoms with Crippen molar-refractivity contribution in [3.05, 3.63) is 42.5 Å². The predicted octanol–water partition coefficient (Wildman–Crippen LogP) is 3.70. The van der Waals surface area contributed by atoms with Gasteiger partial charge < -0.3 is 14.8 Å². The summed E-state index contributed by atoms with van der Waals surface area (Å²) in [6.07, 6.45) is 0. The van der Waals surface area contributed by atoms with Crippen molar-refractivity contribution in [2.45, 2.75) is 19.9 Å². The van der Waals surface area contributed by atoms with Crippen molar-refractivity contribution in [2.24, 2.45) is 0 Å². The Bertz CT molecular complexity index is 775. The van der Waals surface area contributed by atoms with Gasteiger partial charge in [-0.2, -0.15) is 0 Å². The van der Waals surface area contributed by atoms with Gasteiger partial charge in [0.2, 0.25) is 0 Å². The van der Waals surface area contributed by atoms with Crippen LogP contribution in [0.1, 0.15) is 19.9 Å². The van der Waals surface area contributed by atoms with E-state index in [2.05, 4.69) is 23.4 Å². The van der Waals surface area contributed by atoms with Crippen molar-refractivity contribution in [1.82, 2.24) is 9.55 Å². The van der Waals surface area contributed by atoms with Gasteiger partial charge in [0.1, 0.15) is 17.3 Å². The van der Waals surface area contributed by atoms with Gasteiger partial charge >= 0.3 is 0 Å². The third-order valence-corrected chi connectivity index (χ3v) is 3.33. The number of imidazole rings is 1. The highest BCUT2D eigenvalue weighted by atomic mass is 16.3. The van der Waals surface area contributed by atoms with Crippen LogP contribution in [0, 0.1) is 0 Å². The molecule has 20 heavy (non-hydrogen) atoms. The highest BCUT2D eigenvalue weighted by Crippen LogP contribution is 2.35. The Hall–Kier alpha value is -2.49. The highest BCUT2D eigenvalue weighted by molar-refractivity contribution is 5.82. The number of aromatic nitrogens is 2. The van der Waals surface area contributed by atoms with Gasteiger partial charge in [0, 0.05) is 6.04 Å². The van der Waals surface area contributed by atoms with Gasteiger partial charge in [0.05, 0.1) is 16.6 Å². The van der Waals surface area contributed by atoms with Crippen LogP contribution in [0.5, 0.6) is 11.5 Å². The van der Waals surface area contributed by atoms with E-state index < -0.39 is 0 Å². The number of nitrogens with zero attached hydrogens (tertiary/aromatic N) is 2. The van der Waals surface area contributed by atoms with Crippen LogP contribution in [0.15, 0.2) is 42.5 Å². The summed E-state index contributed by atoms with van der Waals surface area (Å²) in [5.74, 6) is 0.884. The van der Waals surface area contributed by atoms with Gasteiger partial charge in [0.25, 0.3) is 0 Å². The van der Waals surface area contributed by atoms with E-state index >= 15 is 0 Å². The maximum atomic E-state index is 10.1. The Morgan fingerprint density at radius 2 is 1.80 bits per heavy atom. The number of hydrogen-bond donors (Lipinski definition) is 2. The smallest absolute Gasteiger partial charge is 0.145 e. The number of benzene rings is 2. The molecule has 2 aromatic carbocycles. The molecule has 0 atom stereocenters. The second-order valence-electron chi connectivity index (χ2n) is 5.09. The quantitative estimate of drug-likeness (QED) is 0.697. The van der Waals surface area contributed by atoms with Crippen LogP contribution < -0.4 is 0 Å². The van der Waals surface area contributed by atoms with E-state index in [4.69, 9.17) is 0 Å². The maximum Gasteiger partial charge on any atom is 0.145 e. The van der Waals surface area contributed by atoms with Gasteiger partial charge in [0.15, 0.2) is 0 Å². The molecule has 0 unspecified atom stereocenters. The Labute approximate surface area is 116 Å². The highest BCUT2D eigenvalue weighted by Gasteiger charge is 2.17. The molecule has 0 fully saturated rings. The summed E-state index contributed by atoms with van der Waals surface area (Å²) in [5.41, 5.74) is 2.43. The van der Waals surface area contributed by atoms with Crippen LogP contribution in [0.4, 0.5) is 0 Å². The number of phenols is 2. The molecular weight excluding hydrogens is 252 g/mol. The summed E-state index contributed by atoms with van der Waals surface area (Å²) in [5, 5.41) is 19.7. The molecule has 102 valence electrons. The molecule has 4 nitrogen and oxygen atoms in total. The van der Waals surface area contributed by atoms with Crippen LogP contribution >= 0.6 is 0 Å². The fourth-order valence-electron chi connectivity index (χ4n) is 2.46. The molecule has 1 heterocycles. The molecular formula is C16H16N2O2. The van der Waals surface area contributed by atoms with Crippen LogP contribution in [0.3, 0.4) is 0 Å². The lowest BCUT2D eigenvalue weighted by molar-refractivity contribution is 0.461. The minimum Gasteiger partial charge on any atom is -0.508 e. The van der Waals surface area contributed by atoms with Gasteiger partial charge in [-0.1, -0.05) is 12.1 Å². The van der Waals surface area contributed by atoms with Crippen LogP contribution in [-0.4, -0.2) is 19.8 Å². The van der Waals surface area contributed by atoms with Crippen LogP contribution in [0.2, 0.25) is 0 Å². The normalized spacial score (nSPS) is 11.3. The molecule has 0 aliphatic carbocycles. The lowest BCUT2D eigenvalue weighted by atomic mass is 10.1. The van der Waals surface area contributed by atoms with Crippen molar-refractivity contribution >= 4 is 11.0 Å². The second kappa shape index (κ2) is 4.56. The molecule has 1 aromatic heterocycles. The molecule has 3 aromatic rings. The monoisotopic (exact) mass is 268 g/mol. The van der Waals surface area contributed by atoms with E-state index in [0.29, 0.717) is 11.4 Å². The van der Waals surface area contributed by atoms with E-state index in [0.717, 1.165) is 11.0 Å². The summed E-state index contributed by atoms with van der Waals surface area (Å²) < 4.78 is 2.06. The van der Waals surface area contributed by atoms with E-state index in [1.165, 1.54) is 18.2 Å². The lowest BCUT2D eigenvalue weighted by Crippen LogP contribution is -2.03. The first-order chi connectivity index (χ1) is 9.58. The maximum absolute atomic E-state index is 10.1. The van der Waals surface area contributed by atoms with Crippen molar-refractivity contribution < 1.29 is 10.2 Å². The Balaban J connectivity index is 2.35. The average Bonchev–Trinajstić information content (AvgIpc) is 2.80. The van der Waals surface area contributed by atoms with E-state index in [9.17, 15) is 10.2 Å². The fourth-order valence-corrected chi connectivity index (χ4v) is 2.46. The number of rotatable bonds is 2. The Morgan fingerprint density at radius 1 is 1.05 bits per heavy atom. The van der Waals surface area contributed by atoms with E-state index in [-0.39, 0.29) is 17.5 Å². The Kier molecular flexibility index (Phi) is 2.86. The molecule has 2 N–H and O–H groups in total. The third-order valence-electron chi connectivity index (χ3n) is 3.33. The minimum absolute atomic E-state index is 0.111. The fraction of sp³-hybridized carbons (Fsp3) is 0.188. The molecule has 0 bridgehead atoms. The molecule has 0 spiro atoms. The van der Waals surface area contributed by atoms with Crippen molar-refractivity contribution in [2.75, 3.05) is 0 Å². The third kappa shape index (κ3) is 1.90. The molecule has 0 saturated carbocycles. The minimum atomic E-state index is 0.111. The first-order valence-electron chi connectivity index (χ1n) is 6.57. The first-order valence-corrected chi connectivity index (χ1v) is 6.57. The first kappa shape index (κ1) is 12.5. The van der Waals surface area contributed by atoms with Crippen molar-refractivity contribution in [1.29, 1.82) is 0 Å². The molecule has 0 radical (unpaired) electrons. The molecule has 4 heteroatoms. The lowest BCUT2D eigenvalue weighted by Gasteiger charge is -2.14. The molecule has 0 amide bonds. The molecule has 3 rings (SSSR count). The van der Waals surface area contributed by atoms with Crippen LogP contribution in [-0.2, 0) is 0 Å². The zero-order valence-electron chi connectivity index (χ0n) is 11.4. The predicted molar refractivity (Wildman–Crippen MR) is 78.9 cm³/mol. The van der Waals surface area contributed by atoms with Crippen molar-refractivity contribution in [3.8, 4) is 22.9 Å². The largest absolute Gasteiger partial charge is 0.508 e. The van der Waals surface area contributed by atoms with Gasteiger partial charge in [-0.05, 0) is 44.2 Å². The Morgan fingerprint density at radius 3 is 2.55 bits per heavy atom. The zero-order chi connectivity index (χ0) is 14.3. The zero-order valence-corrected chi connectivity index (χ0v) is 11.4. The van der Waals surface area contributed by atoms with Gasteiger partial charge in [-0.25, -0.2) is 4.98 Å². The number of fused-ring (bicyclic) bond motifs is 1. The number of aromatic hydroxyl groups is 2. The molecule has 0 saturated heterocycles. The summed E-state index contributed by atoms with van der Waals surface area (Å²) >= 11 is 0. The van der Waals surface area contributed by atoms with Gasteiger partial charge in [-0.3, -0.25) is 0 Å². The number of hydrogen-bond acceptors (Lipinski definition) is 3. The number of phenolic OH excluding ortho intramolecular Hbond substituents is 2. The standard InChI is InChI=1S/C16H16N2O2/c1-10(2)18-14-6-4-3-5-13(14)17-16(18)12-9-11(19)7-8-15(12)20/h3-10,19-20H,1-2H3. The van der Waals surface area contributed by atoms with Crippen molar-refractivity contribution in [3.63, 3.8) is 0 Å². The van der Waals surface area contributed by atoms with E-state index in [1.54, 1.807) is 0 Å². The van der Waals surface area contributed by atoms with E-state index in [1.807, 2.05) is 24.3 Å². The summed E-state index contributed by atoms with van der Waals surface area (Å²) in [6, 6.07) is 12.5. The summed E-state index contributed by atoms with van der Waals surface area (Å²) in [4.78, 5) is 4.60. The topological polar surface area (TPSA) is 58.3 Å². The average molecular weight is 268 g/mol. The van der Waals surface area contributed by atoms with Crippen LogP contribution in [0.25, 0.3) is 22.4 Å². The number of para-hydroxylation sites is 2. The molecule has 0 aliphatic rings. The summed E-state index contributed by atoms with van der Waals surface area (Å²) in [6.45, 7) is 4.13. The molecule has 0 aliphatic heterocycles. The SMILES string of the molecule is CC(C)n1c(-c2cc(O)ccc2O)nc2ccccc21. The summed E-state index contributed by atoms with van der Waals surface area (Å²) in [7, 11) is 0. The second-order valence-corrected chi connectivity index (χ2v) is 5.09.